The monoisotopic (exact) mass is 334 g/mol. The molecule has 4 nitrogen and oxygen atoms in total. The van der Waals surface area contributed by atoms with Gasteiger partial charge < -0.3 is 5.32 Å². The molecule has 0 aromatic carbocycles. The highest BCUT2D eigenvalue weighted by molar-refractivity contribution is 9.10. The first-order chi connectivity index (χ1) is 9.33. The van der Waals surface area contributed by atoms with E-state index in [1.54, 1.807) is 28.4 Å². The molecule has 0 unspecified atom stereocenters. The maximum atomic E-state index is 4.37. The van der Waals surface area contributed by atoms with E-state index in [1.807, 2.05) is 24.4 Å². The molecular weight excluding hydrogens is 324 g/mol. The van der Waals surface area contributed by atoms with Crippen LogP contribution in [-0.2, 0) is 6.54 Å². The Bertz CT molecular complexity index is 663. The summed E-state index contributed by atoms with van der Waals surface area (Å²) in [5.74, 6) is 0.808. The molecule has 0 bridgehead atoms. The van der Waals surface area contributed by atoms with Crippen molar-refractivity contribution in [1.82, 2.24) is 14.8 Å². The summed E-state index contributed by atoms with van der Waals surface area (Å²) in [5, 5.41) is 9.69. The molecule has 0 atom stereocenters. The summed E-state index contributed by atoms with van der Waals surface area (Å²) in [6.45, 7) is 0.774. The van der Waals surface area contributed by atoms with Crippen molar-refractivity contribution in [3.63, 3.8) is 0 Å². The third-order valence-corrected chi connectivity index (χ3v) is 4.28. The number of nitrogens with zero attached hydrogens (tertiary/aromatic N) is 3. The van der Waals surface area contributed by atoms with Gasteiger partial charge in [-0.05, 0) is 40.2 Å². The maximum absolute atomic E-state index is 4.37. The molecule has 3 heterocycles. The van der Waals surface area contributed by atoms with E-state index in [0.29, 0.717) is 0 Å². The Balaban J connectivity index is 1.81. The molecule has 3 aromatic rings. The summed E-state index contributed by atoms with van der Waals surface area (Å²) in [5.41, 5.74) is 0.968. The molecule has 0 aliphatic carbocycles. The summed E-state index contributed by atoms with van der Waals surface area (Å²) in [7, 11) is 0. The third kappa shape index (κ3) is 2.85. The van der Waals surface area contributed by atoms with E-state index in [4.69, 9.17) is 0 Å². The smallest absolute Gasteiger partial charge is 0.176 e. The average molecular weight is 335 g/mol. The molecule has 0 amide bonds. The second-order valence-corrected chi connectivity index (χ2v) is 5.82. The van der Waals surface area contributed by atoms with E-state index >= 15 is 0 Å². The standard InChI is InChI=1S/C13H11BrN4S/c14-10-7-11(19-9-10)8-16-12-3-1-4-15-13(12)18-6-2-5-17-18/h1-7,9,16H,8H2. The number of halogens is 1. The fraction of sp³-hybridized carbons (Fsp3) is 0.0769. The van der Waals surface area contributed by atoms with E-state index in [-0.39, 0.29) is 0 Å². The lowest BCUT2D eigenvalue weighted by Gasteiger charge is -2.09. The average Bonchev–Trinajstić information content (AvgIpc) is 3.08. The van der Waals surface area contributed by atoms with Gasteiger partial charge in [0.15, 0.2) is 5.82 Å². The first-order valence-corrected chi connectivity index (χ1v) is 7.42. The minimum absolute atomic E-state index is 0.774. The van der Waals surface area contributed by atoms with Crippen molar-refractivity contribution in [2.24, 2.45) is 0 Å². The summed E-state index contributed by atoms with van der Waals surface area (Å²) < 4.78 is 2.87. The molecular formula is C13H11BrN4S. The molecule has 0 fully saturated rings. The van der Waals surface area contributed by atoms with Gasteiger partial charge >= 0.3 is 0 Å². The maximum Gasteiger partial charge on any atom is 0.176 e. The highest BCUT2D eigenvalue weighted by atomic mass is 79.9. The molecule has 0 saturated carbocycles. The number of pyridine rings is 1. The van der Waals surface area contributed by atoms with Gasteiger partial charge in [0.25, 0.3) is 0 Å². The topological polar surface area (TPSA) is 42.7 Å². The number of aromatic nitrogens is 3. The largest absolute Gasteiger partial charge is 0.377 e. The minimum Gasteiger partial charge on any atom is -0.377 e. The number of anilines is 1. The van der Waals surface area contributed by atoms with Crippen molar-refractivity contribution in [3.8, 4) is 5.82 Å². The fourth-order valence-corrected chi connectivity index (χ4v) is 3.13. The van der Waals surface area contributed by atoms with Crippen LogP contribution in [0.15, 0.2) is 52.7 Å². The molecule has 6 heteroatoms. The van der Waals surface area contributed by atoms with Gasteiger partial charge in [-0.2, -0.15) is 5.10 Å². The van der Waals surface area contributed by atoms with Gasteiger partial charge in [0.1, 0.15) is 0 Å². The zero-order valence-electron chi connectivity index (χ0n) is 9.95. The van der Waals surface area contributed by atoms with Crippen LogP contribution >= 0.6 is 27.3 Å². The van der Waals surface area contributed by atoms with Crippen LogP contribution in [0.1, 0.15) is 4.88 Å². The molecule has 0 radical (unpaired) electrons. The molecule has 1 N–H and O–H groups in total. The normalized spacial score (nSPS) is 10.6. The van der Waals surface area contributed by atoms with Crippen molar-refractivity contribution in [3.05, 3.63) is 57.6 Å². The molecule has 19 heavy (non-hydrogen) atoms. The Hall–Kier alpha value is -1.66. The summed E-state index contributed by atoms with van der Waals surface area (Å²) in [4.78, 5) is 5.64. The van der Waals surface area contributed by atoms with Crippen LogP contribution in [0.3, 0.4) is 0 Å². The van der Waals surface area contributed by atoms with Crippen LogP contribution in [-0.4, -0.2) is 14.8 Å². The fourth-order valence-electron chi connectivity index (χ4n) is 1.74. The highest BCUT2D eigenvalue weighted by Gasteiger charge is 2.06. The minimum atomic E-state index is 0.774. The van der Waals surface area contributed by atoms with E-state index in [2.05, 4.69) is 42.8 Å². The zero-order valence-corrected chi connectivity index (χ0v) is 12.4. The first-order valence-electron chi connectivity index (χ1n) is 5.75. The predicted octanol–water partition coefficient (Wildman–Crippen LogP) is 3.70. The first kappa shape index (κ1) is 12.4. The number of hydrogen-bond donors (Lipinski definition) is 1. The van der Waals surface area contributed by atoms with Crippen LogP contribution in [0.2, 0.25) is 0 Å². The van der Waals surface area contributed by atoms with Crippen LogP contribution in [0.5, 0.6) is 0 Å². The third-order valence-electron chi connectivity index (χ3n) is 2.58. The van der Waals surface area contributed by atoms with Crippen molar-refractivity contribution < 1.29 is 0 Å². The lowest BCUT2D eigenvalue weighted by atomic mass is 10.3. The lowest BCUT2D eigenvalue weighted by molar-refractivity contribution is 0.846. The van der Waals surface area contributed by atoms with Crippen LogP contribution in [0.4, 0.5) is 5.69 Å². The highest BCUT2D eigenvalue weighted by Crippen LogP contribution is 2.22. The SMILES string of the molecule is Brc1csc(CNc2cccnc2-n2cccn2)c1. The second-order valence-electron chi connectivity index (χ2n) is 3.91. The van der Waals surface area contributed by atoms with Gasteiger partial charge in [-0.15, -0.1) is 11.3 Å². The molecule has 0 aliphatic rings. The Morgan fingerprint density at radius 2 is 2.26 bits per heavy atom. The second kappa shape index (κ2) is 5.54. The summed E-state index contributed by atoms with van der Waals surface area (Å²) >= 11 is 5.18. The van der Waals surface area contributed by atoms with E-state index < -0.39 is 0 Å². The molecule has 0 spiro atoms. The van der Waals surface area contributed by atoms with Gasteiger partial charge in [0.05, 0.1) is 5.69 Å². The Morgan fingerprint density at radius 3 is 3.00 bits per heavy atom. The van der Waals surface area contributed by atoms with E-state index in [0.717, 1.165) is 22.5 Å². The molecule has 0 saturated heterocycles. The van der Waals surface area contributed by atoms with Crippen LogP contribution in [0, 0.1) is 0 Å². The van der Waals surface area contributed by atoms with Crippen molar-refractivity contribution >= 4 is 33.0 Å². The number of thiophene rings is 1. The molecule has 3 rings (SSSR count). The van der Waals surface area contributed by atoms with Crippen LogP contribution < -0.4 is 5.32 Å². The van der Waals surface area contributed by atoms with Gasteiger partial charge in [0, 0.05) is 39.9 Å². The summed E-state index contributed by atoms with van der Waals surface area (Å²) in [6.07, 6.45) is 5.40. The van der Waals surface area contributed by atoms with Gasteiger partial charge in [-0.25, -0.2) is 9.67 Å². The Morgan fingerprint density at radius 1 is 1.32 bits per heavy atom. The molecule has 3 aromatic heterocycles. The van der Waals surface area contributed by atoms with Gasteiger partial charge in [-0.3, -0.25) is 0 Å². The Kier molecular flexibility index (Phi) is 3.61. The number of rotatable bonds is 4. The van der Waals surface area contributed by atoms with Gasteiger partial charge in [-0.1, -0.05) is 0 Å². The summed E-state index contributed by atoms with van der Waals surface area (Å²) in [6, 6.07) is 7.92. The van der Waals surface area contributed by atoms with E-state index in [1.165, 1.54) is 4.88 Å². The zero-order chi connectivity index (χ0) is 13.1. The quantitative estimate of drug-likeness (QED) is 0.790. The van der Waals surface area contributed by atoms with E-state index in [9.17, 15) is 0 Å². The van der Waals surface area contributed by atoms with Crippen molar-refractivity contribution in [2.75, 3.05) is 5.32 Å². The number of nitrogens with one attached hydrogen (secondary N) is 1. The van der Waals surface area contributed by atoms with Crippen molar-refractivity contribution in [2.45, 2.75) is 6.54 Å². The number of hydrogen-bond acceptors (Lipinski definition) is 4. The lowest BCUT2D eigenvalue weighted by Crippen LogP contribution is -2.05. The molecule has 0 aliphatic heterocycles. The van der Waals surface area contributed by atoms with Crippen LogP contribution in [0.25, 0.3) is 5.82 Å². The van der Waals surface area contributed by atoms with Gasteiger partial charge in [0.2, 0.25) is 0 Å². The molecule has 96 valence electrons. The Labute approximate surface area is 123 Å². The van der Waals surface area contributed by atoms with Crippen molar-refractivity contribution in [1.29, 1.82) is 0 Å². The predicted molar refractivity (Wildman–Crippen MR) is 80.7 cm³/mol.